The number of hydrogen-bond acceptors (Lipinski definition) is 2. The highest BCUT2D eigenvalue weighted by Gasteiger charge is 2.20. The average molecular weight is 367 g/mol. The first-order valence-electron chi connectivity index (χ1n) is 12.3. The minimum absolute atomic E-state index is 0.949. The van der Waals surface area contributed by atoms with Crippen LogP contribution in [0.2, 0.25) is 0 Å². The maximum atomic E-state index is 3.73. The zero-order chi connectivity index (χ0) is 18.7. The molecule has 0 heterocycles. The second-order valence-electron chi connectivity index (χ2n) is 8.83. The van der Waals surface area contributed by atoms with E-state index in [-0.39, 0.29) is 0 Å². The molecule has 2 nitrogen and oxygen atoms in total. The standard InChI is InChI=1S/C24H50N2/c1-3-5-7-9-11-13-19-25-21-23-15-17-24(18-16-23)22-26-20-14-12-10-8-6-4-2/h23-26H,3-22H2,1-2H3. The third-order valence-corrected chi connectivity index (χ3v) is 6.25. The molecule has 0 saturated heterocycles. The molecule has 0 spiro atoms. The van der Waals surface area contributed by atoms with E-state index in [2.05, 4.69) is 24.5 Å². The summed E-state index contributed by atoms with van der Waals surface area (Å²) in [6.07, 6.45) is 22.7. The summed E-state index contributed by atoms with van der Waals surface area (Å²) in [5, 5.41) is 7.45. The average Bonchev–Trinajstić information content (AvgIpc) is 2.67. The van der Waals surface area contributed by atoms with E-state index in [0.717, 1.165) is 11.8 Å². The molecule has 0 radical (unpaired) electrons. The quantitative estimate of drug-likeness (QED) is 0.264. The normalized spacial score (nSPS) is 20.5. The van der Waals surface area contributed by atoms with Crippen molar-refractivity contribution < 1.29 is 0 Å². The highest BCUT2D eigenvalue weighted by Crippen LogP contribution is 2.27. The van der Waals surface area contributed by atoms with Gasteiger partial charge in [-0.25, -0.2) is 0 Å². The van der Waals surface area contributed by atoms with E-state index in [1.165, 1.54) is 129 Å². The number of nitrogens with one attached hydrogen (secondary N) is 2. The molecule has 0 aromatic rings. The van der Waals surface area contributed by atoms with Crippen molar-refractivity contribution in [3.63, 3.8) is 0 Å². The minimum Gasteiger partial charge on any atom is -0.316 e. The Morgan fingerprint density at radius 2 is 0.846 bits per heavy atom. The fourth-order valence-corrected chi connectivity index (χ4v) is 4.31. The largest absolute Gasteiger partial charge is 0.316 e. The molecule has 0 aromatic carbocycles. The lowest BCUT2D eigenvalue weighted by Gasteiger charge is -2.29. The van der Waals surface area contributed by atoms with Gasteiger partial charge < -0.3 is 10.6 Å². The highest BCUT2D eigenvalue weighted by molar-refractivity contribution is 4.75. The van der Waals surface area contributed by atoms with Gasteiger partial charge in [-0.1, -0.05) is 78.1 Å². The van der Waals surface area contributed by atoms with Crippen LogP contribution in [0.1, 0.15) is 117 Å². The van der Waals surface area contributed by atoms with Crippen LogP contribution in [0.15, 0.2) is 0 Å². The molecule has 0 aromatic heterocycles. The molecule has 0 atom stereocenters. The molecule has 0 unspecified atom stereocenters. The fourth-order valence-electron chi connectivity index (χ4n) is 4.31. The lowest BCUT2D eigenvalue weighted by molar-refractivity contribution is 0.261. The van der Waals surface area contributed by atoms with Gasteiger partial charge in [-0.2, -0.15) is 0 Å². The summed E-state index contributed by atoms with van der Waals surface area (Å²) in [6.45, 7) is 9.61. The van der Waals surface area contributed by atoms with Gasteiger partial charge in [-0.15, -0.1) is 0 Å². The molecule has 2 heteroatoms. The van der Waals surface area contributed by atoms with Crippen LogP contribution in [-0.2, 0) is 0 Å². The van der Waals surface area contributed by atoms with Crippen LogP contribution >= 0.6 is 0 Å². The van der Waals surface area contributed by atoms with E-state index < -0.39 is 0 Å². The Balaban J connectivity index is 1.83. The van der Waals surface area contributed by atoms with Crippen LogP contribution in [-0.4, -0.2) is 26.2 Å². The first-order valence-corrected chi connectivity index (χ1v) is 12.3. The predicted molar refractivity (Wildman–Crippen MR) is 118 cm³/mol. The van der Waals surface area contributed by atoms with E-state index in [9.17, 15) is 0 Å². The molecule has 1 aliphatic carbocycles. The van der Waals surface area contributed by atoms with E-state index in [1.807, 2.05) is 0 Å². The molecule has 0 aliphatic heterocycles. The third kappa shape index (κ3) is 14.0. The Bertz CT molecular complexity index is 243. The monoisotopic (exact) mass is 366 g/mol. The van der Waals surface area contributed by atoms with Crippen LogP contribution in [0.25, 0.3) is 0 Å². The van der Waals surface area contributed by atoms with E-state index in [4.69, 9.17) is 0 Å². The Morgan fingerprint density at radius 3 is 1.23 bits per heavy atom. The smallest absolute Gasteiger partial charge is 0.00205 e. The number of rotatable bonds is 18. The topological polar surface area (TPSA) is 24.1 Å². The van der Waals surface area contributed by atoms with E-state index >= 15 is 0 Å². The zero-order valence-corrected chi connectivity index (χ0v) is 18.3. The fraction of sp³-hybridized carbons (Fsp3) is 1.00. The van der Waals surface area contributed by atoms with Crippen LogP contribution in [0.4, 0.5) is 0 Å². The number of unbranched alkanes of at least 4 members (excludes halogenated alkanes) is 10. The van der Waals surface area contributed by atoms with Crippen LogP contribution < -0.4 is 10.6 Å². The maximum Gasteiger partial charge on any atom is -0.00205 e. The SMILES string of the molecule is CCCCCCCCNCC1CCC(CNCCCCCCCC)CC1. The van der Waals surface area contributed by atoms with Crippen molar-refractivity contribution in [3.05, 3.63) is 0 Å². The zero-order valence-electron chi connectivity index (χ0n) is 18.3. The Hall–Kier alpha value is -0.0800. The van der Waals surface area contributed by atoms with Gasteiger partial charge in [0.25, 0.3) is 0 Å². The van der Waals surface area contributed by atoms with E-state index in [1.54, 1.807) is 0 Å². The van der Waals surface area contributed by atoms with Crippen molar-refractivity contribution in [2.24, 2.45) is 11.8 Å². The summed E-state index contributed by atoms with van der Waals surface area (Å²) in [5.41, 5.74) is 0. The van der Waals surface area contributed by atoms with Crippen molar-refractivity contribution in [3.8, 4) is 0 Å². The summed E-state index contributed by atoms with van der Waals surface area (Å²) in [4.78, 5) is 0. The van der Waals surface area contributed by atoms with Gasteiger partial charge >= 0.3 is 0 Å². The first-order chi connectivity index (χ1) is 12.9. The Labute approximate surface area is 165 Å². The minimum atomic E-state index is 0.949. The maximum absolute atomic E-state index is 3.73. The Kier molecular flexibility index (Phi) is 16.9. The van der Waals surface area contributed by atoms with Crippen molar-refractivity contribution in [2.45, 2.75) is 117 Å². The molecule has 26 heavy (non-hydrogen) atoms. The van der Waals surface area contributed by atoms with Gasteiger partial charge in [0.1, 0.15) is 0 Å². The summed E-state index contributed by atoms with van der Waals surface area (Å²) in [5.74, 6) is 1.90. The van der Waals surface area contributed by atoms with Gasteiger partial charge in [-0.05, 0) is 76.5 Å². The van der Waals surface area contributed by atoms with Gasteiger partial charge in [0, 0.05) is 0 Å². The molecule has 1 saturated carbocycles. The molecule has 0 amide bonds. The molecule has 156 valence electrons. The van der Waals surface area contributed by atoms with Crippen molar-refractivity contribution in [1.29, 1.82) is 0 Å². The van der Waals surface area contributed by atoms with Gasteiger partial charge in [-0.3, -0.25) is 0 Å². The lowest BCUT2D eigenvalue weighted by Crippen LogP contribution is -2.31. The molecule has 1 aliphatic rings. The van der Waals surface area contributed by atoms with E-state index in [0.29, 0.717) is 0 Å². The molecule has 1 rings (SSSR count). The molecule has 0 bridgehead atoms. The number of hydrogen-bond donors (Lipinski definition) is 2. The van der Waals surface area contributed by atoms with Crippen LogP contribution in [0.3, 0.4) is 0 Å². The van der Waals surface area contributed by atoms with Crippen LogP contribution in [0.5, 0.6) is 0 Å². The molecule has 2 N–H and O–H groups in total. The lowest BCUT2D eigenvalue weighted by atomic mass is 9.82. The second-order valence-corrected chi connectivity index (χ2v) is 8.83. The summed E-state index contributed by atoms with van der Waals surface area (Å²) < 4.78 is 0. The van der Waals surface area contributed by atoms with Gasteiger partial charge in [0.05, 0.1) is 0 Å². The Morgan fingerprint density at radius 1 is 0.500 bits per heavy atom. The molecular formula is C24H50N2. The third-order valence-electron chi connectivity index (χ3n) is 6.25. The van der Waals surface area contributed by atoms with Crippen LogP contribution in [0, 0.1) is 11.8 Å². The van der Waals surface area contributed by atoms with Crippen molar-refractivity contribution >= 4 is 0 Å². The highest BCUT2D eigenvalue weighted by atomic mass is 14.9. The van der Waals surface area contributed by atoms with Crippen molar-refractivity contribution in [1.82, 2.24) is 10.6 Å². The van der Waals surface area contributed by atoms with Crippen molar-refractivity contribution in [2.75, 3.05) is 26.2 Å². The molecule has 1 fully saturated rings. The molecular weight excluding hydrogens is 316 g/mol. The summed E-state index contributed by atoms with van der Waals surface area (Å²) >= 11 is 0. The summed E-state index contributed by atoms with van der Waals surface area (Å²) in [6, 6.07) is 0. The predicted octanol–water partition coefficient (Wildman–Crippen LogP) is 6.69. The second kappa shape index (κ2) is 18.3. The summed E-state index contributed by atoms with van der Waals surface area (Å²) in [7, 11) is 0. The van der Waals surface area contributed by atoms with Gasteiger partial charge in [0.15, 0.2) is 0 Å². The first kappa shape index (κ1) is 24.0. The van der Waals surface area contributed by atoms with Gasteiger partial charge in [0.2, 0.25) is 0 Å².